The van der Waals surface area contributed by atoms with Gasteiger partial charge in [0.15, 0.2) is 0 Å². The van der Waals surface area contributed by atoms with Gasteiger partial charge in [-0.2, -0.15) is 0 Å². The minimum absolute atomic E-state index is 0.0435. The zero-order chi connectivity index (χ0) is 12.4. The van der Waals surface area contributed by atoms with Crippen LogP contribution in [0.5, 0.6) is 0 Å². The lowest BCUT2D eigenvalue weighted by atomic mass is 9.95. The minimum Gasteiger partial charge on any atom is -0.339 e. The van der Waals surface area contributed by atoms with E-state index in [2.05, 4.69) is 34.9 Å². The van der Waals surface area contributed by atoms with Crippen LogP contribution >= 0.6 is 0 Å². The maximum atomic E-state index is 12.4. The first-order valence-electron chi connectivity index (χ1n) is 6.64. The molecule has 3 rings (SSSR count). The van der Waals surface area contributed by atoms with Crippen molar-refractivity contribution in [3.05, 3.63) is 35.4 Å². The van der Waals surface area contributed by atoms with Crippen molar-refractivity contribution in [1.82, 2.24) is 15.5 Å². The second-order valence-electron chi connectivity index (χ2n) is 4.98. The summed E-state index contributed by atoms with van der Waals surface area (Å²) < 4.78 is 0. The number of rotatable bonds is 1. The first kappa shape index (κ1) is 11.7. The van der Waals surface area contributed by atoms with E-state index in [0.29, 0.717) is 0 Å². The maximum absolute atomic E-state index is 12.4. The number of carbonyl (C=O) groups excluding carboxylic acids is 1. The summed E-state index contributed by atoms with van der Waals surface area (Å²) in [6, 6.07) is 8.33. The van der Waals surface area contributed by atoms with E-state index in [-0.39, 0.29) is 11.9 Å². The quantitative estimate of drug-likeness (QED) is 0.739. The first-order valence-corrected chi connectivity index (χ1v) is 6.64. The highest BCUT2D eigenvalue weighted by molar-refractivity contribution is 5.82. The average molecular weight is 245 g/mol. The van der Waals surface area contributed by atoms with Crippen molar-refractivity contribution in [3.63, 3.8) is 0 Å². The highest BCUT2D eigenvalue weighted by Gasteiger charge is 2.28. The maximum Gasteiger partial charge on any atom is 0.240 e. The molecule has 0 unspecified atom stereocenters. The minimum atomic E-state index is -0.0435. The first-order chi connectivity index (χ1) is 8.84. The second-order valence-corrected chi connectivity index (χ2v) is 4.98. The van der Waals surface area contributed by atoms with Crippen molar-refractivity contribution >= 4 is 5.91 Å². The van der Waals surface area contributed by atoms with Crippen molar-refractivity contribution in [3.8, 4) is 0 Å². The predicted molar refractivity (Wildman–Crippen MR) is 70.2 cm³/mol. The molecular weight excluding hydrogens is 226 g/mol. The zero-order valence-corrected chi connectivity index (χ0v) is 10.5. The van der Waals surface area contributed by atoms with E-state index >= 15 is 0 Å². The van der Waals surface area contributed by atoms with E-state index in [9.17, 15) is 4.79 Å². The van der Waals surface area contributed by atoms with Crippen molar-refractivity contribution in [2.24, 2.45) is 0 Å². The standard InChI is InChI=1S/C14H19N3O/c18-14(17-7-5-15-6-8-17)13-9-11-3-1-2-4-12(11)10-16-13/h1-4,13,15-16H,5-10H2/t13-/m0/s1. The normalized spacial score (nSPS) is 23.6. The van der Waals surface area contributed by atoms with Crippen molar-refractivity contribution < 1.29 is 4.79 Å². The summed E-state index contributed by atoms with van der Waals surface area (Å²) in [6.07, 6.45) is 0.818. The van der Waals surface area contributed by atoms with E-state index in [0.717, 1.165) is 39.1 Å². The van der Waals surface area contributed by atoms with Gasteiger partial charge in [-0.15, -0.1) is 0 Å². The predicted octanol–water partition coefficient (Wildman–Crippen LogP) is 0.133. The highest BCUT2D eigenvalue weighted by atomic mass is 16.2. The number of hydrogen-bond acceptors (Lipinski definition) is 3. The number of carbonyl (C=O) groups is 1. The molecule has 0 saturated carbocycles. The van der Waals surface area contributed by atoms with Crippen LogP contribution in [0.3, 0.4) is 0 Å². The van der Waals surface area contributed by atoms with Gasteiger partial charge in [0.1, 0.15) is 0 Å². The average Bonchev–Trinajstić information content (AvgIpc) is 2.47. The Morgan fingerprint density at radius 2 is 1.89 bits per heavy atom. The summed E-state index contributed by atoms with van der Waals surface area (Å²) in [4.78, 5) is 14.4. The molecule has 0 aliphatic carbocycles. The number of fused-ring (bicyclic) bond motifs is 1. The third-order valence-corrected chi connectivity index (χ3v) is 3.81. The van der Waals surface area contributed by atoms with Crippen LogP contribution in [0.2, 0.25) is 0 Å². The molecule has 0 radical (unpaired) electrons. The molecule has 4 heteroatoms. The van der Waals surface area contributed by atoms with Crippen molar-refractivity contribution in [1.29, 1.82) is 0 Å². The molecule has 96 valence electrons. The third-order valence-electron chi connectivity index (χ3n) is 3.81. The number of nitrogens with zero attached hydrogens (tertiary/aromatic N) is 1. The molecule has 1 amide bonds. The van der Waals surface area contributed by atoms with Gasteiger partial charge in [-0.25, -0.2) is 0 Å². The lowest BCUT2D eigenvalue weighted by Crippen LogP contribution is -2.54. The number of amides is 1. The largest absolute Gasteiger partial charge is 0.339 e. The molecule has 1 saturated heterocycles. The van der Waals surface area contributed by atoms with Gasteiger partial charge >= 0.3 is 0 Å². The van der Waals surface area contributed by atoms with Crippen molar-refractivity contribution in [2.45, 2.75) is 19.0 Å². The van der Waals surface area contributed by atoms with E-state index in [1.807, 2.05) is 4.90 Å². The Bertz CT molecular complexity index is 440. The van der Waals surface area contributed by atoms with Gasteiger partial charge in [0.25, 0.3) is 0 Å². The molecule has 2 aliphatic heterocycles. The van der Waals surface area contributed by atoms with Crippen LogP contribution in [0.25, 0.3) is 0 Å². The van der Waals surface area contributed by atoms with Crippen LogP contribution in [-0.2, 0) is 17.8 Å². The number of nitrogens with one attached hydrogen (secondary N) is 2. The van der Waals surface area contributed by atoms with Crippen LogP contribution in [0.1, 0.15) is 11.1 Å². The van der Waals surface area contributed by atoms with Crippen LogP contribution < -0.4 is 10.6 Å². The number of piperazine rings is 1. The van der Waals surface area contributed by atoms with Crippen LogP contribution in [0.15, 0.2) is 24.3 Å². The Morgan fingerprint density at radius 3 is 2.67 bits per heavy atom. The molecule has 0 bridgehead atoms. The SMILES string of the molecule is O=C([C@@H]1Cc2ccccc2CN1)N1CCNCC1. The third kappa shape index (κ3) is 2.26. The summed E-state index contributed by atoms with van der Waals surface area (Å²) in [7, 11) is 0. The highest BCUT2D eigenvalue weighted by Crippen LogP contribution is 2.17. The number of benzene rings is 1. The van der Waals surface area contributed by atoms with E-state index in [4.69, 9.17) is 0 Å². The Hall–Kier alpha value is -1.39. The van der Waals surface area contributed by atoms with Crippen LogP contribution in [-0.4, -0.2) is 43.0 Å². The molecule has 2 heterocycles. The molecule has 1 aromatic rings. The Morgan fingerprint density at radius 1 is 1.17 bits per heavy atom. The molecule has 1 atom stereocenters. The van der Waals surface area contributed by atoms with Gasteiger partial charge in [0.05, 0.1) is 6.04 Å². The summed E-state index contributed by atoms with van der Waals surface area (Å²) in [6.45, 7) is 4.29. The smallest absolute Gasteiger partial charge is 0.240 e. The van der Waals surface area contributed by atoms with Crippen LogP contribution in [0.4, 0.5) is 0 Å². The molecule has 2 aliphatic rings. The zero-order valence-electron chi connectivity index (χ0n) is 10.5. The van der Waals surface area contributed by atoms with Gasteiger partial charge in [-0.3, -0.25) is 4.79 Å². The molecule has 0 spiro atoms. The number of hydrogen-bond donors (Lipinski definition) is 2. The monoisotopic (exact) mass is 245 g/mol. The fraction of sp³-hybridized carbons (Fsp3) is 0.500. The Balaban J connectivity index is 1.69. The fourth-order valence-corrected chi connectivity index (χ4v) is 2.73. The lowest BCUT2D eigenvalue weighted by Gasteiger charge is -2.33. The summed E-state index contributed by atoms with van der Waals surface area (Å²) in [5.74, 6) is 0.256. The van der Waals surface area contributed by atoms with Gasteiger partial charge < -0.3 is 15.5 Å². The molecule has 1 aromatic carbocycles. The van der Waals surface area contributed by atoms with Gasteiger partial charge in [-0.05, 0) is 17.5 Å². The molecule has 18 heavy (non-hydrogen) atoms. The fourth-order valence-electron chi connectivity index (χ4n) is 2.73. The van der Waals surface area contributed by atoms with Crippen molar-refractivity contribution in [2.75, 3.05) is 26.2 Å². The Labute approximate surface area is 107 Å². The molecule has 4 nitrogen and oxygen atoms in total. The van der Waals surface area contributed by atoms with Gasteiger partial charge in [0, 0.05) is 32.7 Å². The summed E-state index contributed by atoms with van der Waals surface area (Å²) >= 11 is 0. The summed E-state index contributed by atoms with van der Waals surface area (Å²) in [5, 5.41) is 6.63. The van der Waals surface area contributed by atoms with Gasteiger partial charge in [0.2, 0.25) is 5.91 Å². The van der Waals surface area contributed by atoms with Gasteiger partial charge in [-0.1, -0.05) is 24.3 Å². The molecule has 0 aromatic heterocycles. The van der Waals surface area contributed by atoms with E-state index in [1.165, 1.54) is 11.1 Å². The van der Waals surface area contributed by atoms with E-state index < -0.39 is 0 Å². The topological polar surface area (TPSA) is 44.4 Å². The van der Waals surface area contributed by atoms with E-state index in [1.54, 1.807) is 0 Å². The Kier molecular flexibility index (Phi) is 3.30. The molecular formula is C14H19N3O. The second kappa shape index (κ2) is 5.08. The lowest BCUT2D eigenvalue weighted by molar-refractivity contribution is -0.134. The molecule has 2 N–H and O–H groups in total. The summed E-state index contributed by atoms with van der Waals surface area (Å²) in [5.41, 5.74) is 2.63. The molecule has 1 fully saturated rings. The van der Waals surface area contributed by atoms with Crippen LogP contribution in [0, 0.1) is 0 Å².